The van der Waals surface area contributed by atoms with Crippen molar-refractivity contribution < 1.29 is 18.9 Å². The minimum atomic E-state index is -1.95. The Hall–Kier alpha value is -3.33. The van der Waals surface area contributed by atoms with Gasteiger partial charge >= 0.3 is 6.17 Å². The predicted octanol–water partition coefficient (Wildman–Crippen LogP) is 3.15. The molecular formula is C17H12ClFN4O4. The summed E-state index contributed by atoms with van der Waals surface area (Å²) >= 11 is 6.03. The monoisotopic (exact) mass is 390 g/mol. The van der Waals surface area contributed by atoms with E-state index in [1.807, 2.05) is 0 Å². The van der Waals surface area contributed by atoms with Gasteiger partial charge in [-0.1, -0.05) is 28.9 Å². The Kier molecular flexibility index (Phi) is 5.13. The number of aliphatic imine (C=N–C) groups is 1. The molecule has 0 aliphatic carbocycles. The smallest absolute Gasteiger partial charge is 0.452 e. The van der Waals surface area contributed by atoms with Gasteiger partial charge in [0, 0.05) is 5.02 Å². The number of fused-ring (bicyclic) bond motifs is 1. The quantitative estimate of drug-likeness (QED) is 0.263. The number of nitrogens with zero attached hydrogens (tertiary/aromatic N) is 4. The van der Waals surface area contributed by atoms with E-state index in [4.69, 9.17) is 11.6 Å². The first-order valence-electron chi connectivity index (χ1n) is 7.60. The van der Waals surface area contributed by atoms with Crippen LogP contribution < -0.4 is 0 Å². The molecule has 1 heterocycles. The minimum Gasteiger partial charge on any atom is -0.618 e. The third kappa shape index (κ3) is 3.49. The van der Waals surface area contributed by atoms with Crippen LogP contribution in [0.25, 0.3) is 0 Å². The molecule has 2 aromatic rings. The Morgan fingerprint density at radius 1 is 1.33 bits per heavy atom. The second-order valence-corrected chi connectivity index (χ2v) is 5.86. The molecule has 0 fully saturated rings. The van der Waals surface area contributed by atoms with Gasteiger partial charge in [0.1, 0.15) is 19.1 Å². The summed E-state index contributed by atoms with van der Waals surface area (Å²) < 4.78 is 14.5. The molecule has 0 amide bonds. The van der Waals surface area contributed by atoms with Gasteiger partial charge in [-0.2, -0.15) is 0 Å². The molecule has 0 bridgehead atoms. The van der Waals surface area contributed by atoms with E-state index in [1.54, 1.807) is 0 Å². The van der Waals surface area contributed by atoms with E-state index in [1.165, 1.54) is 43.5 Å². The minimum absolute atomic E-state index is 0.0983. The molecule has 1 unspecified atom stereocenters. The maximum Gasteiger partial charge on any atom is 0.452 e. The highest BCUT2D eigenvalue weighted by atomic mass is 35.5. The molecule has 0 N–H and O–H groups in total. The molecule has 0 saturated carbocycles. The lowest BCUT2D eigenvalue weighted by Crippen LogP contribution is -2.41. The van der Waals surface area contributed by atoms with Crippen molar-refractivity contribution in [2.45, 2.75) is 6.17 Å². The Bertz CT molecular complexity index is 1010. The Labute approximate surface area is 157 Å². The van der Waals surface area contributed by atoms with Crippen molar-refractivity contribution in [3.8, 4) is 0 Å². The van der Waals surface area contributed by atoms with Crippen LogP contribution in [0.4, 0.5) is 10.1 Å². The highest BCUT2D eigenvalue weighted by Crippen LogP contribution is 2.30. The Morgan fingerprint density at radius 3 is 2.74 bits per heavy atom. The van der Waals surface area contributed by atoms with Gasteiger partial charge < -0.3 is 10.0 Å². The first-order chi connectivity index (χ1) is 12.9. The molecule has 0 spiro atoms. The van der Waals surface area contributed by atoms with Crippen molar-refractivity contribution in [3.05, 3.63) is 79.8 Å². The third-order valence-electron chi connectivity index (χ3n) is 3.79. The van der Waals surface area contributed by atoms with Crippen LogP contribution >= 0.6 is 11.6 Å². The van der Waals surface area contributed by atoms with Gasteiger partial charge in [0.05, 0.1) is 21.7 Å². The molecular weight excluding hydrogens is 379 g/mol. The topological polar surface area (TPSA) is 103 Å². The lowest BCUT2D eigenvalue weighted by atomic mass is 10.00. The van der Waals surface area contributed by atoms with E-state index in [0.717, 1.165) is 12.3 Å². The number of rotatable bonds is 4. The van der Waals surface area contributed by atoms with Crippen molar-refractivity contribution in [2.75, 3.05) is 7.11 Å². The van der Waals surface area contributed by atoms with Crippen LogP contribution in [-0.2, 0) is 4.84 Å². The number of nitro groups is 1. The van der Waals surface area contributed by atoms with Crippen LogP contribution in [0, 0.1) is 21.1 Å². The number of hydrogen-bond donors (Lipinski definition) is 0. The van der Waals surface area contributed by atoms with E-state index in [0.29, 0.717) is 0 Å². The van der Waals surface area contributed by atoms with Crippen molar-refractivity contribution in [3.63, 3.8) is 0 Å². The first-order valence-corrected chi connectivity index (χ1v) is 7.98. The van der Waals surface area contributed by atoms with Crippen molar-refractivity contribution >= 4 is 34.9 Å². The van der Waals surface area contributed by atoms with E-state index in [9.17, 15) is 19.7 Å². The summed E-state index contributed by atoms with van der Waals surface area (Å²) in [7, 11) is 1.24. The molecule has 0 radical (unpaired) electrons. The lowest BCUT2D eigenvalue weighted by molar-refractivity contribution is -0.708. The van der Waals surface area contributed by atoms with Crippen LogP contribution in [0.1, 0.15) is 11.1 Å². The molecule has 1 aliphatic heterocycles. The fourth-order valence-electron chi connectivity index (χ4n) is 2.67. The molecule has 10 heteroatoms. The van der Waals surface area contributed by atoms with Gasteiger partial charge in [0.15, 0.2) is 0 Å². The van der Waals surface area contributed by atoms with Gasteiger partial charge in [-0.25, -0.2) is 9.38 Å². The number of benzene rings is 2. The van der Waals surface area contributed by atoms with Crippen molar-refractivity contribution in [1.29, 1.82) is 0 Å². The molecule has 8 nitrogen and oxygen atoms in total. The Morgan fingerprint density at radius 2 is 2.07 bits per heavy atom. The fourth-order valence-corrected chi connectivity index (χ4v) is 2.84. The summed E-state index contributed by atoms with van der Waals surface area (Å²) in [5.41, 5.74) is -0.262. The number of hydroxylamine groups is 1. The molecule has 27 heavy (non-hydrogen) atoms. The molecule has 2 aromatic carbocycles. The van der Waals surface area contributed by atoms with Crippen LogP contribution in [0.3, 0.4) is 0 Å². The molecule has 3 rings (SSSR count). The first kappa shape index (κ1) is 18.5. The second-order valence-electron chi connectivity index (χ2n) is 5.43. The van der Waals surface area contributed by atoms with Gasteiger partial charge in [-0.05, 0) is 30.3 Å². The van der Waals surface area contributed by atoms with Crippen molar-refractivity contribution in [1.82, 2.24) is 0 Å². The van der Waals surface area contributed by atoms with Gasteiger partial charge in [0.25, 0.3) is 0 Å². The van der Waals surface area contributed by atoms with Crippen LogP contribution in [-0.4, -0.2) is 40.6 Å². The third-order valence-corrected chi connectivity index (χ3v) is 4.02. The zero-order chi connectivity index (χ0) is 19.6. The van der Waals surface area contributed by atoms with Crippen LogP contribution in [0.2, 0.25) is 5.02 Å². The summed E-state index contributed by atoms with van der Waals surface area (Å²) in [5, 5.41) is 28.4. The number of halogens is 2. The molecule has 1 aliphatic rings. The van der Waals surface area contributed by atoms with E-state index in [2.05, 4.69) is 15.0 Å². The van der Waals surface area contributed by atoms with Crippen LogP contribution in [0.15, 0.2) is 52.6 Å². The SMILES string of the molecule is CON=CC1=Nc2ccc(Cl)cc2C(c2ccccc2F)=[N+]([O-])C1[N+](=O)[O-]. The summed E-state index contributed by atoms with van der Waals surface area (Å²) in [6, 6.07) is 9.86. The summed E-state index contributed by atoms with van der Waals surface area (Å²) in [6.45, 7) is 0. The highest BCUT2D eigenvalue weighted by molar-refractivity contribution is 6.34. The largest absolute Gasteiger partial charge is 0.618 e. The molecule has 1 atom stereocenters. The summed E-state index contributed by atoms with van der Waals surface area (Å²) in [4.78, 5) is 19.5. The zero-order valence-corrected chi connectivity index (χ0v) is 14.6. The molecule has 138 valence electrons. The average molecular weight is 391 g/mol. The van der Waals surface area contributed by atoms with Crippen molar-refractivity contribution in [2.24, 2.45) is 10.1 Å². The second kappa shape index (κ2) is 7.50. The number of hydrogen-bond acceptors (Lipinski definition) is 6. The van der Waals surface area contributed by atoms with E-state index in [-0.39, 0.29) is 38.0 Å². The fraction of sp³-hybridized carbons (Fsp3) is 0.118. The normalized spacial score (nSPS) is 16.7. The van der Waals surface area contributed by atoms with Gasteiger partial charge in [-0.15, -0.1) is 4.74 Å². The average Bonchev–Trinajstić information content (AvgIpc) is 2.74. The maximum atomic E-state index is 14.4. The summed E-state index contributed by atoms with van der Waals surface area (Å²) in [5.74, 6) is -0.713. The van der Waals surface area contributed by atoms with Gasteiger partial charge in [-0.3, -0.25) is 10.1 Å². The predicted molar refractivity (Wildman–Crippen MR) is 98.1 cm³/mol. The van der Waals surface area contributed by atoms with Gasteiger partial charge in [0.2, 0.25) is 11.4 Å². The van der Waals surface area contributed by atoms with E-state index < -0.39 is 16.9 Å². The van der Waals surface area contributed by atoms with Crippen LogP contribution in [0.5, 0.6) is 0 Å². The molecule has 0 saturated heterocycles. The standard InChI is InChI=1S/C17H12ClFN4O4/c1-27-20-9-15-17(23(25)26)22(24)16(11-4-2-3-5-13(11)19)12-8-10(18)6-7-14(12)21-15/h2-9,17H,1H3. The number of oxime groups is 1. The summed E-state index contributed by atoms with van der Waals surface area (Å²) in [6.07, 6.45) is -0.981. The van der Waals surface area contributed by atoms with E-state index >= 15 is 0 Å². The Balaban J connectivity index is 2.39. The lowest BCUT2D eigenvalue weighted by Gasteiger charge is -2.13. The molecule has 0 aromatic heterocycles. The zero-order valence-electron chi connectivity index (χ0n) is 13.9. The highest BCUT2D eigenvalue weighted by Gasteiger charge is 2.41. The maximum absolute atomic E-state index is 14.4.